The zero-order valence-corrected chi connectivity index (χ0v) is 14.5. The predicted molar refractivity (Wildman–Crippen MR) is 93.6 cm³/mol. The number of hydrogen-bond acceptors (Lipinski definition) is 2. The SMILES string of the molecule is CN=C(NCCOCc1ccccc1)NC1CC1C.I. The van der Waals surface area contributed by atoms with Gasteiger partial charge in [-0.3, -0.25) is 4.99 Å². The van der Waals surface area contributed by atoms with Crippen molar-refractivity contribution in [1.82, 2.24) is 10.6 Å². The quantitative estimate of drug-likeness (QED) is 0.340. The fraction of sp³-hybridized carbons (Fsp3) is 0.533. The standard InChI is InChI=1S/C15H23N3O.HI/c1-12-10-14(12)18-15(16-2)17-8-9-19-11-13-6-4-3-5-7-13;/h3-7,12,14H,8-11H2,1-2H3,(H2,16,17,18);1H. The molecule has 0 aliphatic heterocycles. The van der Waals surface area contributed by atoms with Gasteiger partial charge in [0.15, 0.2) is 5.96 Å². The van der Waals surface area contributed by atoms with Gasteiger partial charge in [-0.15, -0.1) is 24.0 Å². The van der Waals surface area contributed by atoms with E-state index in [9.17, 15) is 0 Å². The largest absolute Gasteiger partial charge is 0.375 e. The molecule has 1 aliphatic rings. The van der Waals surface area contributed by atoms with Crippen molar-refractivity contribution in [3.05, 3.63) is 35.9 Å². The molecule has 1 aromatic rings. The summed E-state index contributed by atoms with van der Waals surface area (Å²) in [7, 11) is 1.80. The molecule has 1 aromatic carbocycles. The number of rotatable bonds is 6. The molecule has 0 heterocycles. The van der Waals surface area contributed by atoms with E-state index in [1.807, 2.05) is 18.2 Å². The first-order chi connectivity index (χ1) is 9.29. The van der Waals surface area contributed by atoms with Gasteiger partial charge in [-0.2, -0.15) is 0 Å². The third-order valence-corrected chi connectivity index (χ3v) is 3.31. The molecule has 112 valence electrons. The number of ether oxygens (including phenoxy) is 1. The minimum Gasteiger partial charge on any atom is -0.375 e. The van der Waals surface area contributed by atoms with E-state index in [1.165, 1.54) is 12.0 Å². The van der Waals surface area contributed by atoms with Crippen molar-refractivity contribution < 1.29 is 4.74 Å². The van der Waals surface area contributed by atoms with Crippen LogP contribution >= 0.6 is 24.0 Å². The second-order valence-electron chi connectivity index (χ2n) is 5.00. The first-order valence-electron chi connectivity index (χ1n) is 6.88. The second-order valence-corrected chi connectivity index (χ2v) is 5.00. The summed E-state index contributed by atoms with van der Waals surface area (Å²) in [4.78, 5) is 4.20. The van der Waals surface area contributed by atoms with E-state index in [0.717, 1.165) is 18.4 Å². The minimum absolute atomic E-state index is 0. The van der Waals surface area contributed by atoms with Crippen LogP contribution in [0.15, 0.2) is 35.3 Å². The van der Waals surface area contributed by atoms with Crippen LogP contribution in [0.4, 0.5) is 0 Å². The molecule has 1 saturated carbocycles. The first kappa shape index (κ1) is 17.2. The lowest BCUT2D eigenvalue weighted by Crippen LogP contribution is -2.40. The van der Waals surface area contributed by atoms with Gasteiger partial charge >= 0.3 is 0 Å². The molecular formula is C15H24IN3O. The molecule has 0 aromatic heterocycles. The first-order valence-corrected chi connectivity index (χ1v) is 6.88. The van der Waals surface area contributed by atoms with E-state index in [2.05, 4.69) is 34.7 Å². The van der Waals surface area contributed by atoms with E-state index in [0.29, 0.717) is 19.3 Å². The van der Waals surface area contributed by atoms with Crippen LogP contribution in [0.25, 0.3) is 0 Å². The number of hydrogen-bond donors (Lipinski definition) is 2. The van der Waals surface area contributed by atoms with E-state index in [4.69, 9.17) is 4.74 Å². The van der Waals surface area contributed by atoms with E-state index < -0.39 is 0 Å². The van der Waals surface area contributed by atoms with Gasteiger partial charge in [-0.05, 0) is 17.9 Å². The van der Waals surface area contributed by atoms with Crippen molar-refractivity contribution in [3.63, 3.8) is 0 Å². The number of nitrogens with zero attached hydrogens (tertiary/aromatic N) is 1. The third kappa shape index (κ3) is 6.09. The average molecular weight is 389 g/mol. The molecule has 4 nitrogen and oxygen atoms in total. The normalized spacial score (nSPS) is 21.0. The Labute approximate surface area is 138 Å². The molecule has 0 spiro atoms. The summed E-state index contributed by atoms with van der Waals surface area (Å²) < 4.78 is 5.61. The molecule has 0 saturated heterocycles. The Kier molecular flexibility index (Phi) is 7.91. The second kappa shape index (κ2) is 9.18. The van der Waals surface area contributed by atoms with E-state index >= 15 is 0 Å². The van der Waals surface area contributed by atoms with E-state index in [1.54, 1.807) is 7.05 Å². The summed E-state index contributed by atoms with van der Waals surface area (Å²) >= 11 is 0. The lowest BCUT2D eigenvalue weighted by molar-refractivity contribution is 0.125. The van der Waals surface area contributed by atoms with Gasteiger partial charge < -0.3 is 15.4 Å². The van der Waals surface area contributed by atoms with Gasteiger partial charge in [-0.25, -0.2) is 0 Å². The van der Waals surface area contributed by atoms with Crippen molar-refractivity contribution in [3.8, 4) is 0 Å². The number of aliphatic imine (C=N–C) groups is 1. The number of guanidine groups is 1. The Bertz CT molecular complexity index is 411. The molecule has 5 heteroatoms. The van der Waals surface area contributed by atoms with Crippen molar-refractivity contribution in [1.29, 1.82) is 0 Å². The highest BCUT2D eigenvalue weighted by Crippen LogP contribution is 2.28. The molecule has 2 rings (SSSR count). The molecule has 1 aliphatic carbocycles. The smallest absolute Gasteiger partial charge is 0.191 e. The molecule has 2 unspecified atom stereocenters. The van der Waals surface area contributed by atoms with Gasteiger partial charge in [0.25, 0.3) is 0 Å². The van der Waals surface area contributed by atoms with E-state index in [-0.39, 0.29) is 24.0 Å². The highest BCUT2D eigenvalue weighted by Gasteiger charge is 2.33. The monoisotopic (exact) mass is 389 g/mol. The predicted octanol–water partition coefficient (Wildman–Crippen LogP) is 2.39. The Morgan fingerprint density at radius 3 is 2.65 bits per heavy atom. The van der Waals surface area contributed by atoms with Crippen molar-refractivity contribution >= 4 is 29.9 Å². The Balaban J connectivity index is 0.00000200. The van der Waals surface area contributed by atoms with Crippen LogP contribution in [0.3, 0.4) is 0 Å². The summed E-state index contributed by atoms with van der Waals surface area (Å²) in [6.07, 6.45) is 1.24. The van der Waals surface area contributed by atoms with Gasteiger partial charge in [-0.1, -0.05) is 37.3 Å². The minimum atomic E-state index is 0. The van der Waals surface area contributed by atoms with Crippen LogP contribution in [0.1, 0.15) is 18.9 Å². The molecule has 0 amide bonds. The van der Waals surface area contributed by atoms with Gasteiger partial charge in [0.05, 0.1) is 13.2 Å². The summed E-state index contributed by atoms with van der Waals surface area (Å²) in [6.45, 7) is 4.35. The van der Waals surface area contributed by atoms with Crippen molar-refractivity contribution in [2.24, 2.45) is 10.9 Å². The molecule has 2 atom stereocenters. The zero-order valence-electron chi connectivity index (χ0n) is 12.1. The Hall–Kier alpha value is -0.820. The average Bonchev–Trinajstić information content (AvgIpc) is 3.13. The zero-order chi connectivity index (χ0) is 13.5. The molecule has 0 radical (unpaired) electrons. The lowest BCUT2D eigenvalue weighted by Gasteiger charge is -2.11. The maximum atomic E-state index is 5.61. The Morgan fingerprint density at radius 1 is 1.35 bits per heavy atom. The third-order valence-electron chi connectivity index (χ3n) is 3.31. The summed E-state index contributed by atoms with van der Waals surface area (Å²) in [6, 6.07) is 10.8. The van der Waals surface area contributed by atoms with Gasteiger partial charge in [0.2, 0.25) is 0 Å². The van der Waals surface area contributed by atoms with Crippen molar-refractivity contribution in [2.45, 2.75) is 26.0 Å². The fourth-order valence-electron chi connectivity index (χ4n) is 1.90. The topological polar surface area (TPSA) is 45.7 Å². The molecular weight excluding hydrogens is 365 g/mol. The number of halogens is 1. The van der Waals surface area contributed by atoms with Crippen LogP contribution < -0.4 is 10.6 Å². The lowest BCUT2D eigenvalue weighted by atomic mass is 10.2. The number of nitrogens with one attached hydrogen (secondary N) is 2. The maximum Gasteiger partial charge on any atom is 0.191 e. The van der Waals surface area contributed by atoms with Crippen LogP contribution in [0, 0.1) is 5.92 Å². The summed E-state index contributed by atoms with van der Waals surface area (Å²) in [5.74, 6) is 1.64. The maximum absolute atomic E-state index is 5.61. The van der Waals surface area contributed by atoms with Crippen LogP contribution in [0.2, 0.25) is 0 Å². The van der Waals surface area contributed by atoms with Crippen molar-refractivity contribution in [2.75, 3.05) is 20.2 Å². The molecule has 2 N–H and O–H groups in total. The van der Waals surface area contributed by atoms with Gasteiger partial charge in [0, 0.05) is 19.6 Å². The summed E-state index contributed by atoms with van der Waals surface area (Å²) in [5.41, 5.74) is 1.21. The highest BCUT2D eigenvalue weighted by atomic mass is 127. The van der Waals surface area contributed by atoms with Crippen LogP contribution in [-0.2, 0) is 11.3 Å². The molecule has 1 fully saturated rings. The summed E-state index contributed by atoms with van der Waals surface area (Å²) in [5, 5.41) is 6.64. The van der Waals surface area contributed by atoms with Crippen LogP contribution in [-0.4, -0.2) is 32.2 Å². The molecule has 0 bridgehead atoms. The highest BCUT2D eigenvalue weighted by molar-refractivity contribution is 14.0. The van der Waals surface area contributed by atoms with Gasteiger partial charge in [0.1, 0.15) is 0 Å². The molecule has 20 heavy (non-hydrogen) atoms. The number of benzene rings is 1. The fourth-order valence-corrected chi connectivity index (χ4v) is 1.90. The Morgan fingerprint density at radius 2 is 2.05 bits per heavy atom. The van der Waals surface area contributed by atoms with Crippen LogP contribution in [0.5, 0.6) is 0 Å².